The number of halogens is 1. The van der Waals surface area contributed by atoms with E-state index in [4.69, 9.17) is 11.6 Å². The van der Waals surface area contributed by atoms with Crippen molar-refractivity contribution in [2.24, 2.45) is 0 Å². The maximum Gasteiger partial charge on any atom is 0.0887 e. The number of hydrogen-bond donors (Lipinski definition) is 0. The van der Waals surface area contributed by atoms with Gasteiger partial charge in [0, 0.05) is 28.0 Å². The van der Waals surface area contributed by atoms with Gasteiger partial charge in [-0.25, -0.2) is 0 Å². The summed E-state index contributed by atoms with van der Waals surface area (Å²) in [6.45, 7) is 27.6. The molecule has 0 aliphatic carbocycles. The number of nitrogens with zero attached hydrogens (tertiary/aromatic N) is 2. The molecule has 0 N–H and O–H groups in total. The van der Waals surface area contributed by atoms with Gasteiger partial charge in [-0.1, -0.05) is 195 Å². The van der Waals surface area contributed by atoms with Crippen LogP contribution in [0, 0.1) is 6.92 Å². The maximum absolute atomic E-state index is 7.99. The van der Waals surface area contributed by atoms with Gasteiger partial charge in [0.25, 0.3) is 0 Å². The number of anilines is 6. The highest BCUT2D eigenvalue weighted by atomic mass is 35.5. The number of rotatable bonds is 10. The molecule has 0 fully saturated rings. The summed E-state index contributed by atoms with van der Waals surface area (Å²) in [6, 6.07) is 60.3. The van der Waals surface area contributed by atoms with Gasteiger partial charge in [0.15, 0.2) is 0 Å². The van der Waals surface area contributed by atoms with Crippen LogP contribution in [0.3, 0.4) is 0 Å². The van der Waals surface area contributed by atoms with Gasteiger partial charge >= 0.3 is 0 Å². The summed E-state index contributed by atoms with van der Waals surface area (Å²) in [5, 5.41) is 2.09. The molecule has 0 aliphatic heterocycles. The normalized spacial score (nSPS) is 12.3. The third-order valence-corrected chi connectivity index (χ3v) is 14.6. The first kappa shape index (κ1) is 43.7. The molecule has 0 aromatic heterocycles. The van der Waals surface area contributed by atoms with Gasteiger partial charge in [-0.2, -0.15) is 0 Å². The molecule has 0 atom stereocenters. The Labute approximate surface area is 372 Å². The van der Waals surface area contributed by atoms with Crippen molar-refractivity contribution in [1.29, 1.82) is 0 Å². The van der Waals surface area contributed by atoms with Crippen molar-refractivity contribution in [2.45, 2.75) is 98.2 Å². The first-order chi connectivity index (χ1) is 28.7. The van der Waals surface area contributed by atoms with Crippen LogP contribution in [0.1, 0.15) is 83.2 Å². The molecule has 2 nitrogen and oxygen atoms in total. The van der Waals surface area contributed by atoms with Gasteiger partial charge in [0.1, 0.15) is 0 Å². The zero-order valence-electron chi connectivity index (χ0n) is 38.4. The van der Waals surface area contributed by atoms with E-state index in [-0.39, 0.29) is 16.2 Å². The van der Waals surface area contributed by atoms with Gasteiger partial charge in [0.2, 0.25) is 0 Å². The molecule has 0 radical (unpaired) electrons. The Hall–Kier alpha value is -5.35. The molecule has 0 bridgehead atoms. The Morgan fingerprint density at radius 1 is 0.426 bits per heavy atom. The quantitative estimate of drug-likeness (QED) is 0.127. The topological polar surface area (TPSA) is 6.48 Å². The molecule has 0 saturated heterocycles. The highest BCUT2D eigenvalue weighted by Gasteiger charge is 2.29. The SMILES string of the molecule is Cc1cc(N(c2ccc(C(C)(C)C)cc2)c2ccc(C(C)(C)C)cc2)c(Cl)c(N(c2ccc([Si](C)(C)C)cc2)c2ccc(C(C)(C)c3ccccc3)cc2-c2ccccc2)c1. The number of hydrogen-bond acceptors (Lipinski definition) is 2. The van der Waals surface area contributed by atoms with Crippen LogP contribution in [0.2, 0.25) is 24.7 Å². The third kappa shape index (κ3) is 9.30. The fraction of sp³-hybridized carbons (Fsp3) is 0.263. The van der Waals surface area contributed by atoms with Gasteiger partial charge in [-0.05, 0) is 112 Å². The fourth-order valence-electron chi connectivity index (χ4n) is 8.21. The van der Waals surface area contributed by atoms with Gasteiger partial charge in [-0.15, -0.1) is 0 Å². The lowest BCUT2D eigenvalue weighted by atomic mass is 9.77. The van der Waals surface area contributed by atoms with Crippen LogP contribution in [0.4, 0.5) is 34.1 Å². The van der Waals surface area contributed by atoms with E-state index in [1.807, 2.05) is 0 Å². The minimum absolute atomic E-state index is 0.0275. The summed E-state index contributed by atoms with van der Waals surface area (Å²) in [7, 11) is -1.58. The zero-order chi connectivity index (χ0) is 43.9. The van der Waals surface area contributed by atoms with E-state index in [9.17, 15) is 0 Å². The van der Waals surface area contributed by atoms with Gasteiger partial charge in [0.05, 0.1) is 30.2 Å². The van der Waals surface area contributed by atoms with Crippen molar-refractivity contribution >= 4 is 59.0 Å². The van der Waals surface area contributed by atoms with E-state index >= 15 is 0 Å². The van der Waals surface area contributed by atoms with Crippen molar-refractivity contribution in [2.75, 3.05) is 9.80 Å². The molecule has 0 saturated carbocycles. The summed E-state index contributed by atoms with van der Waals surface area (Å²) in [5.41, 5.74) is 14.4. The Balaban J connectivity index is 1.50. The lowest BCUT2D eigenvalue weighted by Gasteiger charge is -2.34. The van der Waals surface area contributed by atoms with Crippen molar-refractivity contribution in [3.8, 4) is 11.1 Å². The highest BCUT2D eigenvalue weighted by molar-refractivity contribution is 6.88. The second-order valence-corrected chi connectivity index (χ2v) is 25.7. The first-order valence-corrected chi connectivity index (χ1v) is 25.6. The lowest BCUT2D eigenvalue weighted by Crippen LogP contribution is -2.37. The summed E-state index contributed by atoms with van der Waals surface area (Å²) >= 11 is 7.99. The predicted molar refractivity (Wildman–Crippen MR) is 270 cm³/mol. The van der Waals surface area contributed by atoms with Crippen molar-refractivity contribution in [3.05, 3.63) is 197 Å². The van der Waals surface area contributed by atoms with E-state index in [1.165, 1.54) is 27.4 Å². The molecule has 0 heterocycles. The van der Waals surface area contributed by atoms with E-state index in [0.717, 1.165) is 50.8 Å². The van der Waals surface area contributed by atoms with Crippen molar-refractivity contribution in [3.63, 3.8) is 0 Å². The lowest BCUT2D eigenvalue weighted by molar-refractivity contribution is 0.590. The Morgan fingerprint density at radius 3 is 1.33 bits per heavy atom. The van der Waals surface area contributed by atoms with Crippen molar-refractivity contribution < 1.29 is 0 Å². The maximum atomic E-state index is 7.99. The standard InChI is InChI=1S/C57H63ClN2Si/c1-40-37-52(59(46-28-23-42(24-29-46)55(2,3)4)47-30-25-43(26-31-47)56(5,6)7)54(58)53(38-40)60(48-32-34-49(35-33-48)61(10,11)12)51-36-27-45(39-50(51)41-19-15-13-16-20-41)57(8,9)44-21-17-14-18-22-44/h13-39H,1-12H3. The van der Waals surface area contributed by atoms with Gasteiger partial charge in [-0.3, -0.25) is 0 Å². The fourth-order valence-corrected chi connectivity index (χ4v) is 9.66. The van der Waals surface area contributed by atoms with Crippen LogP contribution in [-0.4, -0.2) is 8.07 Å². The summed E-state index contributed by atoms with van der Waals surface area (Å²) < 4.78 is 0. The minimum atomic E-state index is -1.58. The van der Waals surface area contributed by atoms with E-state index < -0.39 is 8.07 Å². The highest BCUT2D eigenvalue weighted by Crippen LogP contribution is 2.50. The summed E-state index contributed by atoms with van der Waals surface area (Å²) in [6.07, 6.45) is 0. The van der Waals surface area contributed by atoms with Crippen molar-refractivity contribution in [1.82, 2.24) is 0 Å². The van der Waals surface area contributed by atoms with Crippen LogP contribution >= 0.6 is 11.6 Å². The van der Waals surface area contributed by atoms with Crippen LogP contribution in [0.5, 0.6) is 0 Å². The number of benzene rings is 7. The molecule has 0 amide bonds. The molecule has 7 aromatic carbocycles. The third-order valence-electron chi connectivity index (χ3n) is 12.2. The van der Waals surface area contributed by atoms with E-state index in [0.29, 0.717) is 5.02 Å². The monoisotopic (exact) mass is 838 g/mol. The summed E-state index contributed by atoms with van der Waals surface area (Å²) in [5.74, 6) is 0. The second-order valence-electron chi connectivity index (χ2n) is 20.3. The predicted octanol–water partition coefficient (Wildman–Crippen LogP) is 16.7. The Kier molecular flexibility index (Phi) is 12.1. The van der Waals surface area contributed by atoms with Crippen LogP contribution in [0.15, 0.2) is 164 Å². The molecule has 61 heavy (non-hydrogen) atoms. The van der Waals surface area contributed by atoms with E-state index in [2.05, 4.69) is 256 Å². The van der Waals surface area contributed by atoms with Gasteiger partial charge < -0.3 is 9.80 Å². The molecule has 312 valence electrons. The Bertz CT molecular complexity index is 2530. The molecule has 4 heteroatoms. The largest absolute Gasteiger partial charge is 0.309 e. The average Bonchev–Trinajstić information content (AvgIpc) is 3.23. The molecule has 0 spiro atoms. The Morgan fingerprint density at radius 2 is 0.852 bits per heavy atom. The molecule has 7 aromatic rings. The zero-order valence-corrected chi connectivity index (χ0v) is 40.1. The smallest absolute Gasteiger partial charge is 0.0887 e. The van der Waals surface area contributed by atoms with Crippen LogP contribution in [-0.2, 0) is 16.2 Å². The van der Waals surface area contributed by atoms with Crippen LogP contribution in [0.25, 0.3) is 11.1 Å². The minimum Gasteiger partial charge on any atom is -0.309 e. The molecule has 0 aliphatic rings. The molecule has 7 rings (SSSR count). The average molecular weight is 840 g/mol. The molecule has 0 unspecified atom stereocenters. The molecular formula is C57H63ClN2Si. The molecular weight excluding hydrogens is 776 g/mol. The summed E-state index contributed by atoms with van der Waals surface area (Å²) in [4.78, 5) is 4.71. The van der Waals surface area contributed by atoms with E-state index in [1.54, 1.807) is 0 Å². The van der Waals surface area contributed by atoms with Crippen LogP contribution < -0.4 is 15.0 Å². The first-order valence-electron chi connectivity index (χ1n) is 21.7. The number of aryl methyl sites for hydroxylation is 1. The second kappa shape index (κ2) is 16.8.